The van der Waals surface area contributed by atoms with Gasteiger partial charge < -0.3 is 15.2 Å². The van der Waals surface area contributed by atoms with E-state index >= 15 is 0 Å². The maximum absolute atomic E-state index is 10.9. The fourth-order valence-electron chi connectivity index (χ4n) is 1.89. The van der Waals surface area contributed by atoms with E-state index in [1.807, 2.05) is 13.8 Å². The average Bonchev–Trinajstić information content (AvgIpc) is 2.48. The first-order valence-corrected chi connectivity index (χ1v) is 6.55. The average molecular weight is 287 g/mol. The molecule has 0 amide bonds. The van der Waals surface area contributed by atoms with E-state index in [0.29, 0.717) is 29.4 Å². The predicted molar refractivity (Wildman–Crippen MR) is 79.1 cm³/mol. The summed E-state index contributed by atoms with van der Waals surface area (Å²) in [5, 5.41) is 7.98. The van der Waals surface area contributed by atoms with Gasteiger partial charge in [0.2, 0.25) is 0 Å². The minimum Gasteiger partial charge on any atom is -0.467 e. The number of benzene rings is 1. The maximum Gasteiger partial charge on any atom is 0.189 e. The molecule has 1 heterocycles. The number of carbonyl (C=O) groups is 1. The second-order valence-corrected chi connectivity index (χ2v) is 4.43. The third-order valence-electron chi connectivity index (χ3n) is 2.90. The summed E-state index contributed by atoms with van der Waals surface area (Å²) >= 11 is 0. The number of hydrogen-bond acceptors (Lipinski definition) is 6. The first-order valence-electron chi connectivity index (χ1n) is 6.55. The van der Waals surface area contributed by atoms with Gasteiger partial charge in [-0.25, -0.2) is 0 Å². The molecule has 0 fully saturated rings. The number of nitrogen functional groups attached to an aromatic ring is 1. The highest BCUT2D eigenvalue weighted by atomic mass is 16.7. The van der Waals surface area contributed by atoms with E-state index in [4.69, 9.17) is 15.2 Å². The summed E-state index contributed by atoms with van der Waals surface area (Å²) in [6.45, 7) is 4.42. The van der Waals surface area contributed by atoms with Crippen LogP contribution < -0.4 is 10.5 Å². The lowest BCUT2D eigenvalue weighted by Gasteiger charge is -2.13. The largest absolute Gasteiger partial charge is 0.467 e. The summed E-state index contributed by atoms with van der Waals surface area (Å²) in [4.78, 5) is 10.9. The van der Waals surface area contributed by atoms with Crippen molar-refractivity contribution in [3.8, 4) is 17.0 Å². The molecule has 0 saturated heterocycles. The van der Waals surface area contributed by atoms with Gasteiger partial charge in [-0.15, -0.1) is 10.2 Å². The van der Waals surface area contributed by atoms with Gasteiger partial charge in [0.25, 0.3) is 0 Å². The molecular weight excluding hydrogens is 270 g/mol. The van der Waals surface area contributed by atoms with Crippen molar-refractivity contribution in [2.75, 3.05) is 19.1 Å². The Kier molecular flexibility index (Phi) is 4.84. The van der Waals surface area contributed by atoms with Gasteiger partial charge in [-0.1, -0.05) is 6.07 Å². The van der Waals surface area contributed by atoms with Gasteiger partial charge in [0, 0.05) is 17.7 Å². The Morgan fingerprint density at radius 1 is 1.29 bits per heavy atom. The molecule has 0 bridgehead atoms. The van der Waals surface area contributed by atoms with E-state index in [-0.39, 0.29) is 6.79 Å². The molecule has 0 atom stereocenters. The number of anilines is 1. The first-order chi connectivity index (χ1) is 10.2. The Bertz CT molecular complexity index is 644. The molecule has 0 radical (unpaired) electrons. The number of hydrogen-bond donors (Lipinski definition) is 1. The Hall–Kier alpha value is -2.47. The molecule has 0 aliphatic rings. The zero-order valence-corrected chi connectivity index (χ0v) is 12.0. The van der Waals surface area contributed by atoms with Gasteiger partial charge in [-0.3, -0.25) is 4.79 Å². The van der Waals surface area contributed by atoms with Crippen molar-refractivity contribution in [2.45, 2.75) is 13.8 Å². The molecule has 1 aromatic carbocycles. The standard InChI is InChI=1S/C15H17N3O3/c1-3-20-9-21-13-7-11(8-19)4-5-12(13)15-10(2)6-14(16)17-18-15/h4-8H,3,9H2,1-2H3,(H2,16,17). The third-order valence-corrected chi connectivity index (χ3v) is 2.90. The SMILES string of the molecule is CCOCOc1cc(C=O)ccc1-c1nnc(N)cc1C. The topological polar surface area (TPSA) is 87.3 Å². The summed E-state index contributed by atoms with van der Waals surface area (Å²) in [6, 6.07) is 6.87. The molecule has 0 aliphatic carbocycles. The quantitative estimate of drug-likeness (QED) is 0.498. The number of ether oxygens (including phenoxy) is 2. The highest BCUT2D eigenvalue weighted by molar-refractivity contribution is 5.80. The molecule has 0 spiro atoms. The molecule has 0 aliphatic heterocycles. The van der Waals surface area contributed by atoms with E-state index in [0.717, 1.165) is 17.4 Å². The lowest BCUT2D eigenvalue weighted by Crippen LogP contribution is -2.05. The van der Waals surface area contributed by atoms with Gasteiger partial charge in [0.15, 0.2) is 6.79 Å². The predicted octanol–water partition coefficient (Wildman–Crippen LogP) is 2.22. The normalized spacial score (nSPS) is 10.4. The molecule has 0 saturated carbocycles. The lowest BCUT2D eigenvalue weighted by molar-refractivity contribution is 0.0227. The van der Waals surface area contributed by atoms with Crippen LogP contribution in [0, 0.1) is 6.92 Å². The Labute approximate surface area is 122 Å². The van der Waals surface area contributed by atoms with Crippen molar-refractivity contribution in [1.82, 2.24) is 10.2 Å². The minimum absolute atomic E-state index is 0.104. The second kappa shape index (κ2) is 6.81. The maximum atomic E-state index is 10.9. The first kappa shape index (κ1) is 14.9. The molecule has 2 N–H and O–H groups in total. The summed E-state index contributed by atoms with van der Waals surface area (Å²) in [7, 11) is 0. The number of aldehydes is 1. The van der Waals surface area contributed by atoms with Crippen LogP contribution in [0.3, 0.4) is 0 Å². The van der Waals surface area contributed by atoms with E-state index in [9.17, 15) is 4.79 Å². The van der Waals surface area contributed by atoms with Crippen molar-refractivity contribution in [3.05, 3.63) is 35.4 Å². The van der Waals surface area contributed by atoms with Crippen LogP contribution in [0.1, 0.15) is 22.8 Å². The van der Waals surface area contributed by atoms with Gasteiger partial charge in [0.05, 0.1) is 5.69 Å². The van der Waals surface area contributed by atoms with Gasteiger partial charge in [-0.2, -0.15) is 0 Å². The molecule has 6 nitrogen and oxygen atoms in total. The van der Waals surface area contributed by atoms with Crippen LogP contribution in [0.2, 0.25) is 0 Å². The van der Waals surface area contributed by atoms with Crippen molar-refractivity contribution in [3.63, 3.8) is 0 Å². The zero-order valence-electron chi connectivity index (χ0n) is 12.0. The molecule has 0 unspecified atom stereocenters. The van der Waals surface area contributed by atoms with Crippen LogP contribution >= 0.6 is 0 Å². The number of nitrogens with zero attached hydrogens (tertiary/aromatic N) is 2. The van der Waals surface area contributed by atoms with Gasteiger partial charge in [-0.05, 0) is 37.6 Å². The number of rotatable bonds is 6. The fraction of sp³-hybridized carbons (Fsp3) is 0.267. The van der Waals surface area contributed by atoms with E-state index in [1.165, 1.54) is 0 Å². The highest BCUT2D eigenvalue weighted by Crippen LogP contribution is 2.31. The van der Waals surface area contributed by atoms with Gasteiger partial charge >= 0.3 is 0 Å². The number of aromatic nitrogens is 2. The Balaban J connectivity index is 2.43. The number of carbonyl (C=O) groups excluding carboxylic acids is 1. The molecule has 2 aromatic rings. The fourth-order valence-corrected chi connectivity index (χ4v) is 1.89. The molecule has 110 valence electrons. The van der Waals surface area contributed by atoms with E-state index < -0.39 is 0 Å². The zero-order chi connectivity index (χ0) is 15.2. The van der Waals surface area contributed by atoms with Crippen LogP contribution in [0.5, 0.6) is 5.75 Å². The Morgan fingerprint density at radius 2 is 2.10 bits per heavy atom. The second-order valence-electron chi connectivity index (χ2n) is 4.43. The lowest BCUT2D eigenvalue weighted by atomic mass is 10.0. The minimum atomic E-state index is 0.104. The molecular formula is C15H17N3O3. The summed E-state index contributed by atoms with van der Waals surface area (Å²) in [6.07, 6.45) is 0.763. The van der Waals surface area contributed by atoms with Crippen molar-refractivity contribution in [2.24, 2.45) is 0 Å². The van der Waals surface area contributed by atoms with Crippen LogP contribution in [-0.2, 0) is 4.74 Å². The highest BCUT2D eigenvalue weighted by Gasteiger charge is 2.12. The summed E-state index contributed by atoms with van der Waals surface area (Å²) in [5.74, 6) is 0.882. The summed E-state index contributed by atoms with van der Waals surface area (Å²) in [5.41, 5.74) is 8.41. The van der Waals surface area contributed by atoms with Crippen LogP contribution in [0.25, 0.3) is 11.3 Å². The molecule has 21 heavy (non-hydrogen) atoms. The van der Waals surface area contributed by atoms with Crippen molar-refractivity contribution in [1.29, 1.82) is 0 Å². The smallest absolute Gasteiger partial charge is 0.189 e. The number of aryl methyl sites for hydroxylation is 1. The van der Waals surface area contributed by atoms with Crippen molar-refractivity contribution < 1.29 is 14.3 Å². The molecule has 1 aromatic heterocycles. The van der Waals surface area contributed by atoms with E-state index in [1.54, 1.807) is 24.3 Å². The van der Waals surface area contributed by atoms with Crippen LogP contribution in [-0.4, -0.2) is 29.9 Å². The van der Waals surface area contributed by atoms with Crippen LogP contribution in [0.4, 0.5) is 5.82 Å². The Morgan fingerprint density at radius 3 is 2.76 bits per heavy atom. The number of nitrogens with two attached hydrogens (primary N) is 1. The summed E-state index contributed by atoms with van der Waals surface area (Å²) < 4.78 is 10.8. The molecule has 2 rings (SSSR count). The molecule has 6 heteroatoms. The third kappa shape index (κ3) is 3.55. The van der Waals surface area contributed by atoms with Crippen LogP contribution in [0.15, 0.2) is 24.3 Å². The van der Waals surface area contributed by atoms with Gasteiger partial charge in [0.1, 0.15) is 17.9 Å². The monoisotopic (exact) mass is 287 g/mol. The van der Waals surface area contributed by atoms with E-state index in [2.05, 4.69) is 10.2 Å². The van der Waals surface area contributed by atoms with Crippen molar-refractivity contribution >= 4 is 12.1 Å².